The lowest BCUT2D eigenvalue weighted by atomic mass is 9.97. The summed E-state index contributed by atoms with van der Waals surface area (Å²) in [6, 6.07) is 22.1. The van der Waals surface area contributed by atoms with Gasteiger partial charge in [0.25, 0.3) is 0 Å². The third-order valence-corrected chi connectivity index (χ3v) is 10.5. The molecule has 0 N–H and O–H groups in total. The van der Waals surface area contributed by atoms with Crippen LogP contribution in [0.25, 0.3) is 11.1 Å². The topological polar surface area (TPSA) is 0 Å². The van der Waals surface area contributed by atoms with Gasteiger partial charge in [0.05, 0.1) is 0 Å². The second-order valence-corrected chi connectivity index (χ2v) is 11.8. The van der Waals surface area contributed by atoms with Gasteiger partial charge in [0, 0.05) is 11.8 Å². The molecule has 3 aliphatic carbocycles. The quantitative estimate of drug-likeness (QED) is 0.392. The normalized spacial score (nSPS) is 23.4. The summed E-state index contributed by atoms with van der Waals surface area (Å²) in [5, 5.41) is 0. The summed E-state index contributed by atoms with van der Waals surface area (Å²) < 4.78 is 0. The molecular weight excluding hydrogens is 391 g/mol. The Balaban J connectivity index is 1.35. The lowest BCUT2D eigenvalue weighted by Gasteiger charge is -2.35. The van der Waals surface area contributed by atoms with Gasteiger partial charge in [-0.3, -0.25) is 0 Å². The van der Waals surface area contributed by atoms with Crippen LogP contribution in [-0.2, 0) is 0 Å². The molecular formula is C30H33P. The second-order valence-electron chi connectivity index (χ2n) is 9.20. The van der Waals surface area contributed by atoms with Crippen LogP contribution in [0.2, 0.25) is 0 Å². The Hall–Kier alpha value is -2.17. The van der Waals surface area contributed by atoms with Crippen molar-refractivity contribution >= 4 is 19.1 Å². The molecule has 1 heteroatoms. The van der Waals surface area contributed by atoms with Crippen LogP contribution in [0, 0.1) is 11.8 Å². The van der Waals surface area contributed by atoms with E-state index in [0.717, 1.165) is 5.66 Å². The maximum absolute atomic E-state index is 2.47. The zero-order valence-electron chi connectivity index (χ0n) is 18.4. The first-order valence-electron chi connectivity index (χ1n) is 12.0. The molecule has 3 aliphatic rings. The summed E-state index contributed by atoms with van der Waals surface area (Å²) in [4.78, 5) is 0. The van der Waals surface area contributed by atoms with Gasteiger partial charge in [-0.15, -0.1) is 7.92 Å². The molecule has 2 aromatic rings. The Kier molecular flexibility index (Phi) is 6.66. The van der Waals surface area contributed by atoms with Crippen LogP contribution in [-0.4, -0.2) is 18.0 Å². The molecule has 0 amide bonds. The predicted molar refractivity (Wildman–Crippen MR) is 138 cm³/mol. The minimum absolute atomic E-state index is 0.0190. The van der Waals surface area contributed by atoms with Crippen LogP contribution in [0.1, 0.15) is 43.2 Å². The van der Waals surface area contributed by atoms with E-state index in [1.165, 1.54) is 66.7 Å². The van der Waals surface area contributed by atoms with Gasteiger partial charge in [-0.1, -0.05) is 116 Å². The van der Waals surface area contributed by atoms with Crippen LogP contribution in [0.4, 0.5) is 0 Å². The number of rotatable bonds is 7. The van der Waals surface area contributed by atoms with E-state index in [4.69, 9.17) is 0 Å². The predicted octanol–water partition coefficient (Wildman–Crippen LogP) is 8.34. The van der Waals surface area contributed by atoms with E-state index >= 15 is 0 Å². The van der Waals surface area contributed by atoms with Crippen molar-refractivity contribution in [1.82, 2.24) is 0 Å². The highest BCUT2D eigenvalue weighted by Gasteiger charge is 2.30. The average Bonchev–Trinajstić information content (AvgIpc) is 3.50. The van der Waals surface area contributed by atoms with Crippen molar-refractivity contribution in [3.8, 4) is 0 Å². The summed E-state index contributed by atoms with van der Waals surface area (Å²) in [5.74, 6) is 1.18. The third kappa shape index (κ3) is 4.86. The van der Waals surface area contributed by atoms with Crippen molar-refractivity contribution in [2.24, 2.45) is 11.8 Å². The summed E-state index contributed by atoms with van der Waals surface area (Å²) >= 11 is 0. The van der Waals surface area contributed by atoms with Gasteiger partial charge in [0.1, 0.15) is 0 Å². The minimum Gasteiger partial charge on any atom is -0.102 e. The first kappa shape index (κ1) is 20.7. The fraction of sp³-hybridized carbons (Fsp3) is 0.333. The minimum atomic E-state index is -0.0190. The number of benzene rings is 2. The SMILES string of the molecule is C1=C[C@H](CP(C[C@H]2C=CC=C2c2ccccc2)C2CCCCC2)C(c2ccccc2)=C1. The van der Waals surface area contributed by atoms with Crippen molar-refractivity contribution in [2.75, 3.05) is 12.3 Å². The van der Waals surface area contributed by atoms with Gasteiger partial charge in [0.15, 0.2) is 0 Å². The number of hydrogen-bond donors (Lipinski definition) is 0. The first-order valence-corrected chi connectivity index (χ1v) is 13.8. The molecule has 0 spiro atoms. The van der Waals surface area contributed by atoms with Crippen LogP contribution in [0.5, 0.6) is 0 Å². The standard InChI is InChI=1S/C30H33P/c1-4-12-24(13-5-1)29-20-10-16-26(29)22-31(28-18-8-3-9-19-28)23-27-17-11-21-30(27)25-14-6-2-7-15-25/h1-2,4-7,10-17,20-21,26-28H,3,8-9,18-19,22-23H2/t26-,27-/m1/s1. The molecule has 0 aromatic heterocycles. The first-order chi connectivity index (χ1) is 15.4. The number of hydrogen-bond acceptors (Lipinski definition) is 0. The van der Waals surface area contributed by atoms with Crippen molar-refractivity contribution in [1.29, 1.82) is 0 Å². The van der Waals surface area contributed by atoms with E-state index in [1.807, 2.05) is 0 Å². The second kappa shape index (κ2) is 9.97. The molecule has 1 fully saturated rings. The lowest BCUT2D eigenvalue weighted by molar-refractivity contribution is 0.509. The Morgan fingerprint density at radius 1 is 0.613 bits per heavy atom. The van der Waals surface area contributed by atoms with Crippen molar-refractivity contribution in [3.63, 3.8) is 0 Å². The van der Waals surface area contributed by atoms with Crippen LogP contribution in [0.3, 0.4) is 0 Å². The molecule has 0 radical (unpaired) electrons. The van der Waals surface area contributed by atoms with Gasteiger partial charge in [-0.2, -0.15) is 0 Å². The summed E-state index contributed by atoms with van der Waals surface area (Å²) in [5.41, 5.74) is 6.82. The van der Waals surface area contributed by atoms with Gasteiger partial charge >= 0.3 is 0 Å². The largest absolute Gasteiger partial charge is 0.102 e. The highest BCUT2D eigenvalue weighted by molar-refractivity contribution is 7.58. The average molecular weight is 425 g/mol. The monoisotopic (exact) mass is 424 g/mol. The molecule has 0 nitrogen and oxygen atoms in total. The Morgan fingerprint density at radius 2 is 1.10 bits per heavy atom. The maximum Gasteiger partial charge on any atom is 0.00663 e. The van der Waals surface area contributed by atoms with E-state index < -0.39 is 0 Å². The highest BCUT2D eigenvalue weighted by atomic mass is 31.1. The Labute approximate surface area is 189 Å². The molecule has 158 valence electrons. The molecule has 0 bridgehead atoms. The van der Waals surface area contributed by atoms with Crippen LogP contribution in [0.15, 0.2) is 97.1 Å². The van der Waals surface area contributed by atoms with Gasteiger partial charge in [-0.25, -0.2) is 0 Å². The molecule has 1 saturated carbocycles. The smallest absolute Gasteiger partial charge is 0.00663 e. The van der Waals surface area contributed by atoms with Crippen LogP contribution < -0.4 is 0 Å². The van der Waals surface area contributed by atoms with Gasteiger partial charge < -0.3 is 0 Å². The van der Waals surface area contributed by atoms with Crippen molar-refractivity contribution in [3.05, 3.63) is 108 Å². The molecule has 0 unspecified atom stereocenters. The molecule has 2 aromatic carbocycles. The summed E-state index contributed by atoms with van der Waals surface area (Å²) in [7, 11) is -0.0190. The van der Waals surface area contributed by atoms with E-state index in [0.29, 0.717) is 11.8 Å². The van der Waals surface area contributed by atoms with Crippen molar-refractivity contribution in [2.45, 2.75) is 37.8 Å². The van der Waals surface area contributed by atoms with E-state index in [-0.39, 0.29) is 7.92 Å². The third-order valence-electron chi connectivity index (χ3n) is 7.21. The van der Waals surface area contributed by atoms with Crippen molar-refractivity contribution < 1.29 is 0 Å². The van der Waals surface area contributed by atoms with E-state index in [9.17, 15) is 0 Å². The Morgan fingerprint density at radius 3 is 1.58 bits per heavy atom. The summed E-state index contributed by atoms with van der Waals surface area (Å²) in [6.07, 6.45) is 24.2. The highest BCUT2D eigenvalue weighted by Crippen LogP contribution is 2.54. The molecule has 31 heavy (non-hydrogen) atoms. The molecule has 2 atom stereocenters. The molecule has 5 rings (SSSR count). The molecule has 0 heterocycles. The lowest BCUT2D eigenvalue weighted by Crippen LogP contribution is -2.19. The van der Waals surface area contributed by atoms with Crippen LogP contribution >= 0.6 is 7.92 Å². The Bertz CT molecular complexity index is 900. The number of allylic oxidation sites excluding steroid dienone is 8. The molecule has 0 saturated heterocycles. The zero-order chi connectivity index (χ0) is 20.9. The maximum atomic E-state index is 2.47. The van der Waals surface area contributed by atoms with E-state index in [2.05, 4.69) is 97.1 Å². The fourth-order valence-corrected chi connectivity index (χ4v) is 9.05. The van der Waals surface area contributed by atoms with Gasteiger partial charge in [0.2, 0.25) is 0 Å². The summed E-state index contributed by atoms with van der Waals surface area (Å²) in [6.45, 7) is 0. The van der Waals surface area contributed by atoms with E-state index in [1.54, 1.807) is 0 Å². The molecule has 0 aliphatic heterocycles. The zero-order valence-corrected chi connectivity index (χ0v) is 19.3. The van der Waals surface area contributed by atoms with Gasteiger partial charge in [-0.05, 0) is 53.1 Å². The fourth-order valence-electron chi connectivity index (χ4n) is 5.57.